The minimum Gasteiger partial charge on any atom is -0.456 e. The van der Waals surface area contributed by atoms with Crippen LogP contribution < -0.4 is 10.1 Å². The fourth-order valence-corrected chi connectivity index (χ4v) is 4.45. The number of nitro groups is 1. The third kappa shape index (κ3) is 4.33. The van der Waals surface area contributed by atoms with Gasteiger partial charge in [0.2, 0.25) is 10.0 Å². The molecule has 3 rings (SSSR count). The van der Waals surface area contributed by atoms with E-state index >= 15 is 0 Å². The predicted molar refractivity (Wildman–Crippen MR) is 101 cm³/mol. The van der Waals surface area contributed by atoms with Crippen LogP contribution in [0.25, 0.3) is 0 Å². The van der Waals surface area contributed by atoms with Crippen molar-refractivity contribution < 1.29 is 18.1 Å². The Balaban J connectivity index is 2.05. The number of benzene rings is 2. The van der Waals surface area contributed by atoms with Gasteiger partial charge < -0.3 is 10.1 Å². The fourth-order valence-electron chi connectivity index (χ4n) is 2.59. The molecule has 0 unspecified atom stereocenters. The molecule has 0 saturated carbocycles. The van der Waals surface area contributed by atoms with Crippen molar-refractivity contribution in [2.75, 3.05) is 26.2 Å². The lowest BCUT2D eigenvalue weighted by atomic mass is 10.3. The van der Waals surface area contributed by atoms with Crippen LogP contribution in [0.3, 0.4) is 0 Å². The maximum Gasteiger partial charge on any atom is 0.271 e. The number of halogens is 2. The number of sulfonamides is 1. The number of nitrogens with zero attached hydrogens (tertiary/aromatic N) is 2. The Bertz CT molecular complexity index is 978. The number of piperazine rings is 1. The molecule has 1 saturated heterocycles. The Morgan fingerprint density at radius 3 is 2.41 bits per heavy atom. The molecule has 1 N–H and O–H groups in total. The van der Waals surface area contributed by atoms with E-state index in [2.05, 4.69) is 5.32 Å². The van der Waals surface area contributed by atoms with Gasteiger partial charge in [0.25, 0.3) is 5.69 Å². The summed E-state index contributed by atoms with van der Waals surface area (Å²) in [5, 5.41) is 14.7. The van der Waals surface area contributed by atoms with Crippen LogP contribution in [0, 0.1) is 10.1 Å². The Morgan fingerprint density at radius 2 is 1.78 bits per heavy atom. The zero-order chi connectivity index (χ0) is 19.6. The highest BCUT2D eigenvalue weighted by molar-refractivity contribution is 7.89. The van der Waals surface area contributed by atoms with E-state index < -0.39 is 14.9 Å². The highest BCUT2D eigenvalue weighted by Crippen LogP contribution is 2.35. The molecule has 1 fully saturated rings. The van der Waals surface area contributed by atoms with E-state index in [1.807, 2.05) is 0 Å². The molecule has 0 spiro atoms. The van der Waals surface area contributed by atoms with Crippen molar-refractivity contribution in [2.24, 2.45) is 0 Å². The van der Waals surface area contributed by atoms with Crippen molar-refractivity contribution in [2.45, 2.75) is 4.90 Å². The predicted octanol–water partition coefficient (Wildman–Crippen LogP) is 3.29. The normalized spacial score (nSPS) is 15.5. The number of non-ortho nitro benzene ring substituents is 1. The lowest BCUT2D eigenvalue weighted by molar-refractivity contribution is -0.385. The van der Waals surface area contributed by atoms with E-state index in [0.717, 1.165) is 6.07 Å². The van der Waals surface area contributed by atoms with Gasteiger partial charge in [-0.3, -0.25) is 10.1 Å². The number of hydrogen-bond donors (Lipinski definition) is 1. The summed E-state index contributed by atoms with van der Waals surface area (Å²) in [6.07, 6.45) is 0. The highest BCUT2D eigenvalue weighted by Gasteiger charge is 2.31. The molecule has 0 atom stereocenters. The maximum atomic E-state index is 13.0. The second-order valence-electron chi connectivity index (χ2n) is 5.72. The number of hydrogen-bond acceptors (Lipinski definition) is 6. The average Bonchev–Trinajstić information content (AvgIpc) is 2.65. The molecule has 0 aromatic heterocycles. The molecule has 1 aliphatic rings. The molecule has 0 radical (unpaired) electrons. The van der Waals surface area contributed by atoms with Crippen LogP contribution in [0.5, 0.6) is 11.5 Å². The lowest BCUT2D eigenvalue weighted by Crippen LogP contribution is -2.46. The van der Waals surface area contributed by atoms with E-state index in [1.54, 1.807) is 0 Å². The third-order valence-electron chi connectivity index (χ3n) is 3.95. The van der Waals surface area contributed by atoms with Gasteiger partial charge >= 0.3 is 0 Å². The van der Waals surface area contributed by atoms with Gasteiger partial charge in [0.1, 0.15) is 16.4 Å². The van der Waals surface area contributed by atoms with Crippen LogP contribution in [0.1, 0.15) is 0 Å². The van der Waals surface area contributed by atoms with Crippen LogP contribution in [0.2, 0.25) is 10.0 Å². The molecule has 8 nitrogen and oxygen atoms in total. The van der Waals surface area contributed by atoms with Crippen LogP contribution in [0.4, 0.5) is 5.69 Å². The van der Waals surface area contributed by atoms with E-state index in [9.17, 15) is 18.5 Å². The molecular weight excluding hydrogens is 417 g/mol. The topological polar surface area (TPSA) is 102 Å². The zero-order valence-electron chi connectivity index (χ0n) is 13.9. The van der Waals surface area contributed by atoms with Crippen molar-refractivity contribution >= 4 is 38.9 Å². The molecule has 144 valence electrons. The van der Waals surface area contributed by atoms with Crippen LogP contribution in [-0.4, -0.2) is 43.8 Å². The van der Waals surface area contributed by atoms with Gasteiger partial charge in [-0.05, 0) is 18.2 Å². The summed E-state index contributed by atoms with van der Waals surface area (Å²) in [6.45, 7) is 1.52. The molecule has 1 aliphatic heterocycles. The number of ether oxygens (including phenoxy) is 1. The number of nitro benzene ring substituents is 1. The van der Waals surface area contributed by atoms with Gasteiger partial charge in [-0.15, -0.1) is 0 Å². The summed E-state index contributed by atoms with van der Waals surface area (Å²) in [5.41, 5.74) is -0.342. The summed E-state index contributed by atoms with van der Waals surface area (Å²) in [4.78, 5) is 10.2. The average molecular weight is 432 g/mol. The molecule has 0 amide bonds. The molecule has 1 heterocycles. The van der Waals surface area contributed by atoms with Crippen molar-refractivity contribution in [1.82, 2.24) is 9.62 Å². The van der Waals surface area contributed by atoms with E-state index in [0.29, 0.717) is 18.1 Å². The van der Waals surface area contributed by atoms with E-state index in [1.165, 1.54) is 34.6 Å². The first-order chi connectivity index (χ1) is 12.8. The summed E-state index contributed by atoms with van der Waals surface area (Å²) in [5.74, 6) is 0.229. The first kappa shape index (κ1) is 19.8. The molecule has 11 heteroatoms. The second-order valence-corrected chi connectivity index (χ2v) is 8.44. The lowest BCUT2D eigenvalue weighted by Gasteiger charge is -2.27. The molecular formula is C16H15Cl2N3O5S. The Labute approximate surface area is 165 Å². The van der Waals surface area contributed by atoms with E-state index in [-0.39, 0.29) is 40.2 Å². The first-order valence-electron chi connectivity index (χ1n) is 7.91. The Hall–Kier alpha value is -1.91. The first-order valence-corrected chi connectivity index (χ1v) is 10.1. The summed E-state index contributed by atoms with van der Waals surface area (Å²) in [6, 6.07) is 7.92. The minimum absolute atomic E-state index is 0.0301. The smallest absolute Gasteiger partial charge is 0.271 e. The van der Waals surface area contributed by atoms with Crippen molar-refractivity contribution in [3.05, 3.63) is 56.6 Å². The van der Waals surface area contributed by atoms with Gasteiger partial charge in [-0.2, -0.15) is 4.31 Å². The summed E-state index contributed by atoms with van der Waals surface area (Å²) >= 11 is 11.8. The summed E-state index contributed by atoms with van der Waals surface area (Å²) in [7, 11) is -3.98. The Morgan fingerprint density at radius 1 is 1.07 bits per heavy atom. The van der Waals surface area contributed by atoms with Crippen LogP contribution in [0.15, 0.2) is 41.3 Å². The maximum absolute atomic E-state index is 13.0. The van der Waals surface area contributed by atoms with Gasteiger partial charge in [0.15, 0.2) is 0 Å². The molecule has 0 aliphatic carbocycles. The van der Waals surface area contributed by atoms with Crippen molar-refractivity contribution in [1.29, 1.82) is 0 Å². The molecule has 0 bridgehead atoms. The van der Waals surface area contributed by atoms with Crippen molar-refractivity contribution in [3.63, 3.8) is 0 Å². The Kier molecular flexibility index (Phi) is 5.87. The fraction of sp³-hybridized carbons (Fsp3) is 0.250. The zero-order valence-corrected chi connectivity index (χ0v) is 16.2. The molecule has 2 aromatic rings. The van der Waals surface area contributed by atoms with Gasteiger partial charge in [-0.25, -0.2) is 8.42 Å². The number of nitrogens with one attached hydrogen (secondary N) is 1. The van der Waals surface area contributed by atoms with Gasteiger partial charge in [-0.1, -0.05) is 23.2 Å². The van der Waals surface area contributed by atoms with Gasteiger partial charge in [0, 0.05) is 44.4 Å². The van der Waals surface area contributed by atoms with Crippen LogP contribution in [-0.2, 0) is 10.0 Å². The molecule has 2 aromatic carbocycles. The van der Waals surface area contributed by atoms with Gasteiger partial charge in [0.05, 0.1) is 15.0 Å². The SMILES string of the molecule is O=[N+]([O-])c1ccc(Oc2ccc(Cl)c(Cl)c2)c(S(=O)(=O)N2CCNCC2)c1. The monoisotopic (exact) mass is 431 g/mol. The number of rotatable bonds is 5. The highest BCUT2D eigenvalue weighted by atomic mass is 35.5. The second kappa shape index (κ2) is 7.99. The minimum atomic E-state index is -3.98. The standard InChI is InChI=1S/C16H15Cl2N3O5S/c17-13-3-2-12(10-14(13)18)26-15-4-1-11(21(22)23)9-16(15)27(24,25)20-7-5-19-6-8-20/h1-4,9-10,19H,5-8H2. The van der Waals surface area contributed by atoms with Crippen molar-refractivity contribution in [3.8, 4) is 11.5 Å². The summed E-state index contributed by atoms with van der Waals surface area (Å²) < 4.78 is 33.0. The third-order valence-corrected chi connectivity index (χ3v) is 6.61. The largest absolute Gasteiger partial charge is 0.456 e. The quantitative estimate of drug-likeness (QED) is 0.575. The molecule has 27 heavy (non-hydrogen) atoms. The van der Waals surface area contributed by atoms with Crippen LogP contribution >= 0.6 is 23.2 Å². The van der Waals surface area contributed by atoms with E-state index in [4.69, 9.17) is 27.9 Å².